The van der Waals surface area contributed by atoms with Crippen LogP contribution in [0.3, 0.4) is 0 Å². The van der Waals surface area contributed by atoms with Crippen LogP contribution >= 0.6 is 11.3 Å². The summed E-state index contributed by atoms with van der Waals surface area (Å²) in [7, 11) is -4.90. The molecule has 3 heterocycles. The van der Waals surface area contributed by atoms with Crippen molar-refractivity contribution in [3.05, 3.63) is 74.0 Å². The second kappa shape index (κ2) is 7.32. The molecule has 0 radical (unpaired) electrons. The third-order valence-corrected chi connectivity index (χ3v) is 6.78. The number of fused-ring (bicyclic) bond motifs is 3. The molecule has 166 valence electrons. The third-order valence-electron chi connectivity index (χ3n) is 5.23. The van der Waals surface area contributed by atoms with Gasteiger partial charge in [0.1, 0.15) is 11.3 Å². The number of aromatic nitrogens is 1. The highest BCUT2D eigenvalue weighted by atomic mass is 35.7. The van der Waals surface area contributed by atoms with Crippen molar-refractivity contribution in [1.82, 2.24) is 4.73 Å². The Hall–Kier alpha value is -2.89. The Bertz CT molecular complexity index is 1460. The van der Waals surface area contributed by atoms with E-state index in [4.69, 9.17) is 9.15 Å². The standard InChI is InChI=1S/C21H15ClFNO7S/c1-3-12-18-14(23)5-4-6-17(18)32-20(12)19-13-9-16-15(8-11(13)7-10(2)29-19)24(21(25)30-16)31-22(26,27)28/h4-9,19H,3H2,1-2H3. The highest BCUT2D eigenvalue weighted by Gasteiger charge is 2.32. The largest absolute Gasteiger partial charge is 0.485 e. The Morgan fingerprint density at radius 2 is 2.06 bits per heavy atom. The molecule has 0 spiro atoms. The van der Waals surface area contributed by atoms with E-state index in [0.29, 0.717) is 33.4 Å². The molecule has 0 saturated heterocycles. The number of nitrogens with zero attached hydrogens (tertiary/aromatic N) is 1. The van der Waals surface area contributed by atoms with Crippen LogP contribution in [0, 0.1) is 16.1 Å². The monoisotopic (exact) mass is 479 g/mol. The summed E-state index contributed by atoms with van der Waals surface area (Å²) in [5, 5.41) is 0.555. The van der Waals surface area contributed by atoms with E-state index in [9.17, 15) is 23.2 Å². The average molecular weight is 480 g/mol. The van der Waals surface area contributed by atoms with Crippen LogP contribution in [-0.2, 0) is 11.2 Å². The smallest absolute Gasteiger partial charge is 0.465 e. The first kappa shape index (κ1) is 21.0. The second-order valence-electron chi connectivity index (χ2n) is 7.22. The van der Waals surface area contributed by atoms with Crippen LogP contribution < -0.4 is 24.1 Å². The van der Waals surface area contributed by atoms with Crippen molar-refractivity contribution >= 4 is 38.6 Å². The van der Waals surface area contributed by atoms with Gasteiger partial charge in [0.15, 0.2) is 21.9 Å². The van der Waals surface area contributed by atoms with E-state index in [0.717, 1.165) is 15.1 Å². The van der Waals surface area contributed by atoms with Crippen LogP contribution in [0.15, 0.2) is 45.3 Å². The lowest BCUT2D eigenvalue weighted by molar-refractivity contribution is -1.92. The molecule has 0 bridgehead atoms. The van der Waals surface area contributed by atoms with E-state index in [1.54, 1.807) is 19.1 Å². The van der Waals surface area contributed by atoms with Crippen molar-refractivity contribution in [3.63, 3.8) is 0 Å². The number of oxazole rings is 1. The summed E-state index contributed by atoms with van der Waals surface area (Å²) in [5.41, 5.74) is 2.08. The number of benzene rings is 2. The quantitative estimate of drug-likeness (QED) is 0.432. The van der Waals surface area contributed by atoms with Crippen molar-refractivity contribution in [1.29, 1.82) is 0 Å². The lowest BCUT2D eigenvalue weighted by Crippen LogP contribution is -2.66. The van der Waals surface area contributed by atoms with Crippen LogP contribution in [-0.4, -0.2) is 4.73 Å². The van der Waals surface area contributed by atoms with Gasteiger partial charge in [0.2, 0.25) is 0 Å². The minimum absolute atomic E-state index is 0.0134. The molecule has 32 heavy (non-hydrogen) atoms. The van der Waals surface area contributed by atoms with Gasteiger partial charge in [-0.1, -0.05) is 13.0 Å². The Morgan fingerprint density at radius 3 is 2.78 bits per heavy atom. The number of aryl methyl sites for hydroxylation is 1. The molecule has 0 fully saturated rings. The van der Waals surface area contributed by atoms with Crippen molar-refractivity contribution in [2.75, 3.05) is 0 Å². The summed E-state index contributed by atoms with van der Waals surface area (Å²) in [5.74, 6) is -0.904. The fourth-order valence-corrected chi connectivity index (χ4v) is 5.68. The molecule has 0 aliphatic carbocycles. The van der Waals surface area contributed by atoms with Gasteiger partial charge in [0.05, 0.1) is 15.0 Å². The predicted octanol–water partition coefficient (Wildman–Crippen LogP) is 1.32. The van der Waals surface area contributed by atoms with Gasteiger partial charge < -0.3 is 9.15 Å². The van der Waals surface area contributed by atoms with Crippen molar-refractivity contribution < 1.29 is 42.2 Å². The fourth-order valence-electron chi connectivity index (χ4n) is 4.02. The summed E-state index contributed by atoms with van der Waals surface area (Å²) < 4.78 is 64.1. The van der Waals surface area contributed by atoms with Gasteiger partial charge in [-0.05, 0) is 54.8 Å². The fraction of sp³-hybridized carbons (Fsp3) is 0.190. The van der Waals surface area contributed by atoms with Gasteiger partial charge in [-0.3, -0.25) is 0 Å². The minimum atomic E-state index is -4.90. The normalized spacial score (nSPS) is 16.2. The third kappa shape index (κ3) is 3.37. The molecule has 5 rings (SSSR count). The Kier molecular flexibility index (Phi) is 4.80. The topological polar surface area (TPSA) is 123 Å². The number of allylic oxidation sites excluding steroid dienone is 1. The maximum Gasteiger partial charge on any atom is 0.465 e. The zero-order chi connectivity index (χ0) is 22.8. The molecular formula is C21H15ClFNO7S. The van der Waals surface area contributed by atoms with Crippen molar-refractivity contribution in [2.24, 2.45) is 0 Å². The van der Waals surface area contributed by atoms with E-state index in [1.165, 1.54) is 29.5 Å². The van der Waals surface area contributed by atoms with E-state index in [2.05, 4.69) is 4.39 Å². The second-order valence-corrected chi connectivity index (χ2v) is 9.20. The Balaban J connectivity index is 1.73. The van der Waals surface area contributed by atoms with E-state index in [-0.39, 0.29) is 16.9 Å². The first-order valence-corrected chi connectivity index (χ1v) is 11.6. The molecule has 1 aliphatic heterocycles. The molecule has 11 heteroatoms. The Morgan fingerprint density at radius 1 is 1.28 bits per heavy atom. The van der Waals surface area contributed by atoms with Gasteiger partial charge in [-0.2, -0.15) is 14.0 Å². The number of rotatable bonds is 4. The summed E-state index contributed by atoms with van der Waals surface area (Å²) in [4.78, 5) is 12.9. The lowest BCUT2D eigenvalue weighted by Gasteiger charge is -2.26. The van der Waals surface area contributed by atoms with Crippen LogP contribution in [0.5, 0.6) is 0 Å². The molecule has 2 aromatic carbocycles. The summed E-state index contributed by atoms with van der Waals surface area (Å²) in [6.07, 6.45) is 1.69. The number of ether oxygens (including phenoxy) is 1. The summed E-state index contributed by atoms with van der Waals surface area (Å²) in [6.45, 7) is 3.69. The highest BCUT2D eigenvalue weighted by Crippen LogP contribution is 2.45. The van der Waals surface area contributed by atoms with Crippen LogP contribution in [0.1, 0.15) is 41.5 Å². The van der Waals surface area contributed by atoms with Crippen molar-refractivity contribution in [3.8, 4) is 0 Å². The van der Waals surface area contributed by atoms with Crippen LogP contribution in [0.4, 0.5) is 4.39 Å². The number of hydrogen-bond donors (Lipinski definition) is 0. The molecule has 0 amide bonds. The number of halogens is 2. The lowest BCUT2D eigenvalue weighted by atomic mass is 9.94. The van der Waals surface area contributed by atoms with Gasteiger partial charge >= 0.3 is 5.76 Å². The average Bonchev–Trinajstić information content (AvgIpc) is 3.23. The molecule has 1 atom stereocenters. The van der Waals surface area contributed by atoms with Crippen LogP contribution in [0.2, 0.25) is 0 Å². The molecular weight excluding hydrogens is 465 g/mol. The van der Waals surface area contributed by atoms with E-state index < -0.39 is 22.1 Å². The molecule has 8 nitrogen and oxygen atoms in total. The van der Waals surface area contributed by atoms with Crippen LogP contribution in [0.25, 0.3) is 27.3 Å². The van der Waals surface area contributed by atoms with Gasteiger partial charge in [0, 0.05) is 20.4 Å². The predicted molar refractivity (Wildman–Crippen MR) is 105 cm³/mol. The number of thiophene rings is 1. The first-order valence-electron chi connectivity index (χ1n) is 9.51. The SMILES string of the molecule is CCc1c(C2OC(C)=Cc3cc4c(cc32)oc(=O)n4O[Cl+3]([O-])([O-])[O-])sc2cccc(F)c12. The molecule has 0 saturated carbocycles. The van der Waals surface area contributed by atoms with E-state index >= 15 is 0 Å². The molecule has 4 aromatic rings. The minimum Gasteiger partial charge on any atom is -0.485 e. The highest BCUT2D eigenvalue weighted by molar-refractivity contribution is 7.19. The maximum absolute atomic E-state index is 14.6. The first-order chi connectivity index (χ1) is 15.2. The zero-order valence-corrected chi connectivity index (χ0v) is 18.3. The summed E-state index contributed by atoms with van der Waals surface area (Å²) >= 11 is 1.42. The van der Waals surface area contributed by atoms with Crippen molar-refractivity contribution in [2.45, 2.75) is 26.4 Å². The Labute approximate surface area is 186 Å². The molecule has 1 unspecified atom stereocenters. The number of hydrogen-bond acceptors (Lipinski definition) is 8. The van der Waals surface area contributed by atoms with E-state index in [1.807, 2.05) is 13.0 Å². The summed E-state index contributed by atoms with van der Waals surface area (Å²) in [6, 6.07) is 7.94. The molecule has 0 N–H and O–H groups in total. The van der Waals surface area contributed by atoms with Gasteiger partial charge in [-0.25, -0.2) is 9.18 Å². The van der Waals surface area contributed by atoms with Gasteiger partial charge in [-0.15, -0.1) is 11.3 Å². The molecule has 2 aromatic heterocycles. The molecule has 1 aliphatic rings. The van der Waals surface area contributed by atoms with Gasteiger partial charge in [0.25, 0.3) is 0 Å². The zero-order valence-electron chi connectivity index (χ0n) is 16.7. The maximum atomic E-state index is 14.6.